The number of nitrogens with zero attached hydrogens (tertiary/aromatic N) is 3. The molecule has 2 N–H and O–H groups in total. The molecule has 2 amide bonds. The molecule has 174 valence electrons. The van der Waals surface area contributed by atoms with E-state index in [2.05, 4.69) is 20.8 Å². The summed E-state index contributed by atoms with van der Waals surface area (Å²) in [5.41, 5.74) is 2.91. The van der Waals surface area contributed by atoms with Gasteiger partial charge in [0.2, 0.25) is 0 Å². The minimum absolute atomic E-state index is 0.226. The molecule has 8 nitrogen and oxygen atoms in total. The second-order valence-electron chi connectivity index (χ2n) is 7.28. The Balaban J connectivity index is 1.78. The molecule has 0 aliphatic rings. The molecule has 3 aromatic rings. The number of carbonyl (C=O) groups excluding carboxylic acids is 2. The highest BCUT2D eigenvalue weighted by Gasteiger charge is 2.21. The number of benzene rings is 2. The quantitative estimate of drug-likeness (QED) is 0.363. The van der Waals surface area contributed by atoms with Crippen LogP contribution in [0.3, 0.4) is 0 Å². The lowest BCUT2D eigenvalue weighted by atomic mass is 10.2. The first-order chi connectivity index (χ1) is 15.9. The van der Waals surface area contributed by atoms with E-state index < -0.39 is 18.0 Å². The summed E-state index contributed by atoms with van der Waals surface area (Å²) < 4.78 is 19.9. The number of rotatable bonds is 9. The molecule has 0 aliphatic carbocycles. The summed E-state index contributed by atoms with van der Waals surface area (Å²) in [7, 11) is 0. The molecule has 33 heavy (non-hydrogen) atoms. The first-order valence-corrected chi connectivity index (χ1v) is 11.5. The number of hydrogen-bond acceptors (Lipinski definition) is 6. The second kappa shape index (κ2) is 11.5. The van der Waals surface area contributed by atoms with Crippen LogP contribution in [0.25, 0.3) is 5.69 Å². The van der Waals surface area contributed by atoms with Crippen molar-refractivity contribution >= 4 is 23.8 Å². The molecule has 1 heterocycles. The maximum atomic E-state index is 13.2. The standard InChI is InChI=1S/C23H26FN5O3S/c1-4-32-20(30)13-25-22(31)26-16(3)21-27-28-23(29(21)19-11-5-15(2)6-12-19)33-14-17-7-9-18(24)10-8-17/h5-12,16H,4,13-14H2,1-3H3,(H2,25,26,31). The van der Waals surface area contributed by atoms with Crippen molar-refractivity contribution in [3.63, 3.8) is 0 Å². The smallest absolute Gasteiger partial charge is 0.325 e. The predicted molar refractivity (Wildman–Crippen MR) is 124 cm³/mol. The van der Waals surface area contributed by atoms with Crippen LogP contribution in [0.4, 0.5) is 9.18 Å². The molecule has 0 spiro atoms. The molecular weight excluding hydrogens is 445 g/mol. The van der Waals surface area contributed by atoms with Gasteiger partial charge in [0.25, 0.3) is 0 Å². The number of ether oxygens (including phenoxy) is 1. The molecule has 0 saturated heterocycles. The predicted octanol–water partition coefficient (Wildman–Crippen LogP) is 3.93. The lowest BCUT2D eigenvalue weighted by Crippen LogP contribution is -2.40. The molecule has 0 fully saturated rings. The Hall–Kier alpha value is -3.40. The van der Waals surface area contributed by atoms with Crippen LogP contribution in [0.1, 0.15) is 36.8 Å². The van der Waals surface area contributed by atoms with Gasteiger partial charge in [-0.1, -0.05) is 41.6 Å². The van der Waals surface area contributed by atoms with Gasteiger partial charge in [0.05, 0.1) is 12.6 Å². The van der Waals surface area contributed by atoms with Crippen molar-refractivity contribution < 1.29 is 18.7 Å². The Bertz CT molecular complexity index is 1090. The van der Waals surface area contributed by atoms with E-state index in [4.69, 9.17) is 4.74 Å². The highest BCUT2D eigenvalue weighted by Crippen LogP contribution is 2.27. The van der Waals surface area contributed by atoms with Gasteiger partial charge in [0, 0.05) is 11.4 Å². The maximum Gasteiger partial charge on any atom is 0.325 e. The third-order valence-corrected chi connectivity index (χ3v) is 5.67. The topological polar surface area (TPSA) is 98.1 Å². The van der Waals surface area contributed by atoms with E-state index in [1.165, 1.54) is 23.9 Å². The zero-order valence-corrected chi connectivity index (χ0v) is 19.5. The van der Waals surface area contributed by atoms with E-state index in [0.717, 1.165) is 16.8 Å². The van der Waals surface area contributed by atoms with Crippen LogP contribution in [-0.4, -0.2) is 39.9 Å². The molecule has 0 radical (unpaired) electrons. The summed E-state index contributed by atoms with van der Waals surface area (Å²) in [5, 5.41) is 14.5. The highest BCUT2D eigenvalue weighted by atomic mass is 32.2. The zero-order valence-electron chi connectivity index (χ0n) is 18.7. The number of esters is 1. The molecule has 0 aliphatic heterocycles. The monoisotopic (exact) mass is 471 g/mol. The summed E-state index contributed by atoms with van der Waals surface area (Å²) >= 11 is 1.46. The van der Waals surface area contributed by atoms with Crippen molar-refractivity contribution in [1.29, 1.82) is 0 Å². The maximum absolute atomic E-state index is 13.2. The van der Waals surface area contributed by atoms with E-state index in [-0.39, 0.29) is 19.0 Å². The van der Waals surface area contributed by atoms with Crippen molar-refractivity contribution in [1.82, 2.24) is 25.4 Å². The van der Waals surface area contributed by atoms with Crippen molar-refractivity contribution in [2.75, 3.05) is 13.2 Å². The number of hydrogen-bond donors (Lipinski definition) is 2. The van der Waals surface area contributed by atoms with Crippen LogP contribution in [0.15, 0.2) is 53.7 Å². The lowest BCUT2D eigenvalue weighted by molar-refractivity contribution is -0.141. The Labute approximate surface area is 195 Å². The summed E-state index contributed by atoms with van der Waals surface area (Å²) in [6.45, 7) is 5.50. The zero-order chi connectivity index (χ0) is 23.8. The fourth-order valence-corrected chi connectivity index (χ4v) is 3.91. The van der Waals surface area contributed by atoms with Crippen LogP contribution in [0.2, 0.25) is 0 Å². The number of urea groups is 1. The molecule has 10 heteroatoms. The minimum Gasteiger partial charge on any atom is -0.465 e. The third-order valence-electron chi connectivity index (χ3n) is 4.67. The average Bonchev–Trinajstić information content (AvgIpc) is 3.22. The summed E-state index contributed by atoms with van der Waals surface area (Å²) in [6, 6.07) is 13.2. The number of aromatic nitrogens is 3. The normalized spacial score (nSPS) is 11.6. The highest BCUT2D eigenvalue weighted by molar-refractivity contribution is 7.98. The first kappa shape index (κ1) is 24.2. The first-order valence-electron chi connectivity index (χ1n) is 10.5. The van der Waals surface area contributed by atoms with Gasteiger partial charge in [-0.3, -0.25) is 9.36 Å². The van der Waals surface area contributed by atoms with Gasteiger partial charge in [-0.05, 0) is 50.6 Å². The van der Waals surface area contributed by atoms with E-state index in [9.17, 15) is 14.0 Å². The number of amides is 2. The van der Waals surface area contributed by atoms with Gasteiger partial charge in [-0.15, -0.1) is 10.2 Å². The third kappa shape index (κ3) is 6.79. The van der Waals surface area contributed by atoms with Gasteiger partial charge in [0.15, 0.2) is 11.0 Å². The fourth-order valence-electron chi connectivity index (χ4n) is 3.00. The largest absolute Gasteiger partial charge is 0.465 e. The summed E-state index contributed by atoms with van der Waals surface area (Å²) in [6.07, 6.45) is 0. The number of carbonyl (C=O) groups is 2. The number of aryl methyl sites for hydroxylation is 1. The van der Waals surface area contributed by atoms with Gasteiger partial charge >= 0.3 is 12.0 Å². The molecule has 1 aromatic heterocycles. The number of thioether (sulfide) groups is 1. The van der Waals surface area contributed by atoms with Crippen molar-refractivity contribution in [3.05, 3.63) is 71.3 Å². The van der Waals surface area contributed by atoms with Gasteiger partial charge < -0.3 is 15.4 Å². The molecule has 1 atom stereocenters. The summed E-state index contributed by atoms with van der Waals surface area (Å²) in [5.74, 6) is 0.316. The molecule has 3 rings (SSSR count). The summed E-state index contributed by atoms with van der Waals surface area (Å²) in [4.78, 5) is 23.7. The second-order valence-corrected chi connectivity index (χ2v) is 8.22. The van der Waals surface area contributed by atoms with Gasteiger partial charge in [0.1, 0.15) is 12.4 Å². The minimum atomic E-state index is -0.519. The van der Waals surface area contributed by atoms with E-state index in [1.54, 1.807) is 26.0 Å². The van der Waals surface area contributed by atoms with Crippen LogP contribution >= 0.6 is 11.8 Å². The van der Waals surface area contributed by atoms with Crippen LogP contribution in [-0.2, 0) is 15.3 Å². The molecule has 2 aromatic carbocycles. The average molecular weight is 472 g/mol. The van der Waals surface area contributed by atoms with Crippen molar-refractivity contribution in [3.8, 4) is 5.69 Å². The Kier molecular flexibility index (Phi) is 8.42. The van der Waals surface area contributed by atoms with Gasteiger partial charge in [-0.25, -0.2) is 9.18 Å². The molecule has 1 unspecified atom stereocenters. The van der Waals surface area contributed by atoms with Gasteiger partial charge in [-0.2, -0.15) is 0 Å². The Morgan fingerprint density at radius 3 is 2.48 bits per heavy atom. The number of halogens is 1. The van der Waals surface area contributed by atoms with Crippen LogP contribution < -0.4 is 10.6 Å². The van der Waals surface area contributed by atoms with E-state index in [0.29, 0.717) is 16.7 Å². The molecule has 0 saturated carbocycles. The fraction of sp³-hybridized carbons (Fsp3) is 0.304. The number of nitrogens with one attached hydrogen (secondary N) is 2. The van der Waals surface area contributed by atoms with Crippen LogP contribution in [0.5, 0.6) is 0 Å². The van der Waals surface area contributed by atoms with Crippen LogP contribution in [0, 0.1) is 12.7 Å². The molecule has 0 bridgehead atoms. The van der Waals surface area contributed by atoms with E-state index in [1.807, 2.05) is 35.8 Å². The molecular formula is C23H26FN5O3S. The Morgan fingerprint density at radius 1 is 1.12 bits per heavy atom. The van der Waals surface area contributed by atoms with Crippen molar-refractivity contribution in [2.24, 2.45) is 0 Å². The lowest BCUT2D eigenvalue weighted by Gasteiger charge is -2.17. The Morgan fingerprint density at radius 2 is 1.82 bits per heavy atom. The SMILES string of the molecule is CCOC(=O)CNC(=O)NC(C)c1nnc(SCc2ccc(F)cc2)n1-c1ccc(C)cc1. The van der Waals surface area contributed by atoms with E-state index >= 15 is 0 Å². The van der Waals surface area contributed by atoms with Crippen molar-refractivity contribution in [2.45, 2.75) is 37.7 Å².